The Morgan fingerprint density at radius 1 is 1.35 bits per heavy atom. The van der Waals surface area contributed by atoms with Crippen molar-refractivity contribution in [3.8, 4) is 0 Å². The Kier molecular flexibility index (Phi) is 3.28. The van der Waals surface area contributed by atoms with Crippen molar-refractivity contribution in [2.24, 2.45) is 0 Å². The number of hydrogen-bond donors (Lipinski definition) is 1. The lowest BCUT2D eigenvalue weighted by molar-refractivity contribution is 0.145. The van der Waals surface area contributed by atoms with Gasteiger partial charge in [-0.15, -0.1) is 0 Å². The van der Waals surface area contributed by atoms with Gasteiger partial charge < -0.3 is 0 Å². The standard InChI is InChI=1S/C11H9ClF2N2O/c12-8-3-1-2-7(4-8)6-16-10(17)5-9(15-16)11(13)14/h1-5,11,15H,6H2. The van der Waals surface area contributed by atoms with Gasteiger partial charge in [0.15, 0.2) is 0 Å². The van der Waals surface area contributed by atoms with Crippen LogP contribution in [0.5, 0.6) is 0 Å². The molecule has 6 heteroatoms. The number of halogens is 3. The van der Waals surface area contributed by atoms with Crippen LogP contribution in [0.1, 0.15) is 17.7 Å². The first-order valence-corrected chi connectivity index (χ1v) is 5.26. The molecule has 0 spiro atoms. The van der Waals surface area contributed by atoms with E-state index in [0.717, 1.165) is 16.3 Å². The van der Waals surface area contributed by atoms with E-state index in [1.165, 1.54) is 0 Å². The molecular formula is C11H9ClF2N2O. The molecule has 0 radical (unpaired) electrons. The van der Waals surface area contributed by atoms with Gasteiger partial charge in [-0.3, -0.25) is 9.89 Å². The lowest BCUT2D eigenvalue weighted by Gasteiger charge is -2.03. The Hall–Kier alpha value is -1.62. The Morgan fingerprint density at radius 3 is 2.71 bits per heavy atom. The molecule has 0 unspecified atom stereocenters. The summed E-state index contributed by atoms with van der Waals surface area (Å²) in [5, 5.41) is 2.90. The average Bonchev–Trinajstić information content (AvgIpc) is 2.61. The van der Waals surface area contributed by atoms with Crippen molar-refractivity contribution < 1.29 is 8.78 Å². The summed E-state index contributed by atoms with van der Waals surface area (Å²) in [5.74, 6) is 0. The minimum absolute atomic E-state index is 0.187. The third kappa shape index (κ3) is 2.74. The zero-order valence-corrected chi connectivity index (χ0v) is 9.42. The summed E-state index contributed by atoms with van der Waals surface area (Å²) >= 11 is 5.79. The van der Waals surface area contributed by atoms with E-state index in [1.807, 2.05) is 0 Å². The molecule has 17 heavy (non-hydrogen) atoms. The average molecular weight is 259 g/mol. The molecule has 1 heterocycles. The maximum atomic E-state index is 12.4. The smallest absolute Gasteiger partial charge is 0.279 e. The third-order valence-corrected chi connectivity index (χ3v) is 2.51. The first kappa shape index (κ1) is 11.9. The first-order valence-electron chi connectivity index (χ1n) is 4.88. The summed E-state index contributed by atoms with van der Waals surface area (Å²) in [5.41, 5.74) is -0.0976. The van der Waals surface area contributed by atoms with E-state index < -0.39 is 12.0 Å². The zero-order chi connectivity index (χ0) is 12.4. The monoisotopic (exact) mass is 258 g/mol. The van der Waals surface area contributed by atoms with E-state index in [4.69, 9.17) is 11.6 Å². The molecule has 0 aliphatic rings. The van der Waals surface area contributed by atoms with Gasteiger partial charge in [0, 0.05) is 11.1 Å². The van der Waals surface area contributed by atoms with Crippen LogP contribution in [0, 0.1) is 0 Å². The molecule has 0 saturated heterocycles. The predicted octanol–water partition coefficient (Wildman–Crippen LogP) is 2.82. The van der Waals surface area contributed by atoms with Crippen LogP contribution in [0.15, 0.2) is 35.1 Å². The van der Waals surface area contributed by atoms with Crippen LogP contribution < -0.4 is 5.56 Å². The second-order valence-electron chi connectivity index (χ2n) is 3.57. The van der Waals surface area contributed by atoms with Crippen molar-refractivity contribution >= 4 is 11.6 Å². The molecule has 1 aromatic heterocycles. The number of aromatic nitrogens is 2. The summed E-state index contributed by atoms with van der Waals surface area (Å²) in [7, 11) is 0. The molecular weight excluding hydrogens is 250 g/mol. The molecule has 0 bridgehead atoms. The molecule has 0 atom stereocenters. The number of rotatable bonds is 3. The lowest BCUT2D eigenvalue weighted by atomic mass is 10.2. The first-order chi connectivity index (χ1) is 8.06. The van der Waals surface area contributed by atoms with Crippen molar-refractivity contribution in [2.45, 2.75) is 13.0 Å². The summed E-state index contributed by atoms with van der Waals surface area (Å²) in [6.07, 6.45) is -2.68. The van der Waals surface area contributed by atoms with Crippen LogP contribution >= 0.6 is 11.6 Å². The molecule has 0 saturated carbocycles. The van der Waals surface area contributed by atoms with Crippen molar-refractivity contribution in [3.05, 3.63) is 57.0 Å². The van der Waals surface area contributed by atoms with Crippen molar-refractivity contribution in [3.63, 3.8) is 0 Å². The highest BCUT2D eigenvalue weighted by Crippen LogP contribution is 2.15. The number of H-pyrrole nitrogens is 1. The minimum atomic E-state index is -2.68. The lowest BCUT2D eigenvalue weighted by Crippen LogP contribution is -2.16. The van der Waals surface area contributed by atoms with Gasteiger partial charge in [0.2, 0.25) is 0 Å². The topological polar surface area (TPSA) is 37.8 Å². The molecule has 0 aliphatic heterocycles. The highest BCUT2D eigenvalue weighted by molar-refractivity contribution is 6.30. The van der Waals surface area contributed by atoms with E-state index in [-0.39, 0.29) is 12.2 Å². The van der Waals surface area contributed by atoms with Gasteiger partial charge in [-0.25, -0.2) is 13.5 Å². The zero-order valence-electron chi connectivity index (χ0n) is 8.66. The van der Waals surface area contributed by atoms with Gasteiger partial charge in [0.25, 0.3) is 12.0 Å². The number of aromatic amines is 1. The number of hydrogen-bond acceptors (Lipinski definition) is 1. The van der Waals surface area contributed by atoms with E-state index in [0.29, 0.717) is 5.02 Å². The van der Waals surface area contributed by atoms with E-state index >= 15 is 0 Å². The molecule has 0 fully saturated rings. The fourth-order valence-electron chi connectivity index (χ4n) is 1.50. The third-order valence-electron chi connectivity index (χ3n) is 2.27. The van der Waals surface area contributed by atoms with Crippen molar-refractivity contribution in [1.29, 1.82) is 0 Å². The number of nitrogens with one attached hydrogen (secondary N) is 1. The molecule has 0 aliphatic carbocycles. The summed E-state index contributed by atoms with van der Waals surface area (Å²) in [6, 6.07) is 7.78. The van der Waals surface area contributed by atoms with Gasteiger partial charge in [0.1, 0.15) is 5.69 Å². The molecule has 2 aromatic rings. The second-order valence-corrected chi connectivity index (χ2v) is 4.00. The number of nitrogens with zero attached hydrogens (tertiary/aromatic N) is 1. The summed E-state index contributed by atoms with van der Waals surface area (Å²) < 4.78 is 25.8. The van der Waals surface area contributed by atoms with Gasteiger partial charge in [-0.1, -0.05) is 23.7 Å². The van der Waals surface area contributed by atoms with E-state index in [1.54, 1.807) is 24.3 Å². The maximum Gasteiger partial charge on any atom is 0.279 e. The highest BCUT2D eigenvalue weighted by atomic mass is 35.5. The number of benzene rings is 1. The molecule has 90 valence electrons. The molecule has 0 amide bonds. The van der Waals surface area contributed by atoms with E-state index in [9.17, 15) is 13.6 Å². The normalized spacial score (nSPS) is 11.1. The van der Waals surface area contributed by atoms with Crippen LogP contribution in [0.4, 0.5) is 8.78 Å². The fraction of sp³-hybridized carbons (Fsp3) is 0.182. The van der Waals surface area contributed by atoms with Crippen molar-refractivity contribution in [2.75, 3.05) is 0 Å². The summed E-state index contributed by atoms with van der Waals surface area (Å²) in [4.78, 5) is 11.4. The SMILES string of the molecule is O=c1cc(C(F)F)[nH]n1Cc1cccc(Cl)c1. The molecule has 1 aromatic carbocycles. The summed E-state index contributed by atoms with van der Waals surface area (Å²) in [6.45, 7) is 0.187. The fourth-order valence-corrected chi connectivity index (χ4v) is 1.71. The quantitative estimate of drug-likeness (QED) is 0.903. The Morgan fingerprint density at radius 2 is 2.12 bits per heavy atom. The van der Waals surface area contributed by atoms with Gasteiger partial charge >= 0.3 is 0 Å². The molecule has 2 rings (SSSR count). The highest BCUT2D eigenvalue weighted by Gasteiger charge is 2.12. The Labute approximate surface area is 101 Å². The predicted molar refractivity (Wildman–Crippen MR) is 60.6 cm³/mol. The molecule has 3 nitrogen and oxygen atoms in total. The largest absolute Gasteiger partial charge is 0.294 e. The van der Waals surface area contributed by atoms with Crippen LogP contribution in [0.2, 0.25) is 5.02 Å². The Balaban J connectivity index is 2.27. The van der Waals surface area contributed by atoms with Crippen LogP contribution in [-0.4, -0.2) is 9.78 Å². The van der Waals surface area contributed by atoms with Gasteiger partial charge in [-0.05, 0) is 17.7 Å². The molecule has 1 N–H and O–H groups in total. The Bertz CT molecular complexity index is 577. The number of alkyl halides is 2. The second kappa shape index (κ2) is 4.71. The van der Waals surface area contributed by atoms with Gasteiger partial charge in [0.05, 0.1) is 6.54 Å². The van der Waals surface area contributed by atoms with Gasteiger partial charge in [-0.2, -0.15) is 0 Å². The maximum absolute atomic E-state index is 12.4. The van der Waals surface area contributed by atoms with Crippen LogP contribution in [0.25, 0.3) is 0 Å². The van der Waals surface area contributed by atoms with Crippen LogP contribution in [-0.2, 0) is 6.54 Å². The minimum Gasteiger partial charge on any atom is -0.294 e. The van der Waals surface area contributed by atoms with E-state index in [2.05, 4.69) is 5.10 Å². The van der Waals surface area contributed by atoms with Crippen LogP contribution in [0.3, 0.4) is 0 Å². The van der Waals surface area contributed by atoms with Crippen molar-refractivity contribution in [1.82, 2.24) is 9.78 Å².